The fourth-order valence-corrected chi connectivity index (χ4v) is 1.99. The van der Waals surface area contributed by atoms with Gasteiger partial charge in [0.05, 0.1) is 5.56 Å². The third-order valence-electron chi connectivity index (χ3n) is 2.27. The lowest BCUT2D eigenvalue weighted by molar-refractivity contribution is 0.0950. The molecule has 1 rings (SSSR count). The molecule has 1 aromatic carbocycles. The molecule has 1 aromatic rings. The van der Waals surface area contributed by atoms with E-state index in [1.165, 1.54) is 0 Å². The molecular weight excluding hydrogens is 220 g/mol. The van der Waals surface area contributed by atoms with E-state index >= 15 is 0 Å². The van der Waals surface area contributed by atoms with Gasteiger partial charge in [0, 0.05) is 11.4 Å². The molecule has 0 radical (unpaired) electrons. The highest BCUT2D eigenvalue weighted by atomic mass is 32.2. The van der Waals surface area contributed by atoms with E-state index in [4.69, 9.17) is 5.73 Å². The van der Waals surface area contributed by atoms with Crippen molar-refractivity contribution in [1.82, 2.24) is 5.32 Å². The van der Waals surface area contributed by atoms with Gasteiger partial charge in [0.15, 0.2) is 0 Å². The number of hydrogen-bond acceptors (Lipinski definition) is 3. The van der Waals surface area contributed by atoms with Crippen molar-refractivity contribution in [2.45, 2.75) is 17.7 Å². The van der Waals surface area contributed by atoms with E-state index in [0.29, 0.717) is 13.1 Å². The second kappa shape index (κ2) is 7.30. The molecule has 0 heterocycles. The second-order valence-corrected chi connectivity index (χ2v) is 4.30. The Morgan fingerprint density at radius 1 is 1.38 bits per heavy atom. The van der Waals surface area contributed by atoms with Crippen molar-refractivity contribution in [3.8, 4) is 0 Å². The summed E-state index contributed by atoms with van der Waals surface area (Å²) in [6.45, 7) is 1.37. The lowest BCUT2D eigenvalue weighted by Gasteiger charge is -2.07. The molecule has 0 unspecified atom stereocenters. The first-order chi connectivity index (χ1) is 7.79. The molecule has 0 aromatic heterocycles. The van der Waals surface area contributed by atoms with Crippen LogP contribution in [-0.4, -0.2) is 25.3 Å². The van der Waals surface area contributed by atoms with E-state index in [-0.39, 0.29) is 5.91 Å². The van der Waals surface area contributed by atoms with Crippen LogP contribution in [0.25, 0.3) is 0 Å². The molecule has 16 heavy (non-hydrogen) atoms. The standard InChI is InChI=1S/C12H18N2OS/c1-16-11-7-3-2-6-10(11)12(15)14-9-5-4-8-13/h2-3,6-7H,4-5,8-9,13H2,1H3,(H,14,15). The summed E-state index contributed by atoms with van der Waals surface area (Å²) in [4.78, 5) is 12.8. The van der Waals surface area contributed by atoms with Gasteiger partial charge < -0.3 is 11.1 Å². The molecule has 0 spiro atoms. The zero-order chi connectivity index (χ0) is 11.8. The molecule has 1 amide bonds. The first kappa shape index (κ1) is 13.1. The Morgan fingerprint density at radius 3 is 2.81 bits per heavy atom. The van der Waals surface area contributed by atoms with Crippen LogP contribution in [0, 0.1) is 0 Å². The average Bonchev–Trinajstić information content (AvgIpc) is 2.34. The van der Waals surface area contributed by atoms with Crippen LogP contribution in [0.1, 0.15) is 23.2 Å². The minimum atomic E-state index is 0.00183. The zero-order valence-electron chi connectivity index (χ0n) is 9.53. The van der Waals surface area contributed by atoms with Crippen molar-refractivity contribution in [3.63, 3.8) is 0 Å². The molecule has 4 heteroatoms. The van der Waals surface area contributed by atoms with E-state index in [1.54, 1.807) is 11.8 Å². The Kier molecular flexibility index (Phi) is 5.96. The third kappa shape index (κ3) is 3.87. The minimum absolute atomic E-state index is 0.00183. The predicted molar refractivity (Wildman–Crippen MR) is 68.8 cm³/mol. The fraction of sp³-hybridized carbons (Fsp3) is 0.417. The Morgan fingerprint density at radius 2 is 2.12 bits per heavy atom. The highest BCUT2D eigenvalue weighted by Crippen LogP contribution is 2.19. The normalized spacial score (nSPS) is 10.1. The molecule has 0 bridgehead atoms. The van der Waals surface area contributed by atoms with E-state index in [1.807, 2.05) is 30.5 Å². The Labute approximate surface area is 101 Å². The van der Waals surface area contributed by atoms with Gasteiger partial charge in [-0.2, -0.15) is 0 Å². The molecule has 0 aliphatic carbocycles. The summed E-state index contributed by atoms with van der Waals surface area (Å²) >= 11 is 1.59. The van der Waals surface area contributed by atoms with Gasteiger partial charge in [-0.1, -0.05) is 12.1 Å². The number of amides is 1. The largest absolute Gasteiger partial charge is 0.352 e. The third-order valence-corrected chi connectivity index (χ3v) is 3.06. The quantitative estimate of drug-likeness (QED) is 0.587. The van der Waals surface area contributed by atoms with Gasteiger partial charge in [0.25, 0.3) is 5.91 Å². The van der Waals surface area contributed by atoms with Crippen LogP contribution in [0.2, 0.25) is 0 Å². The predicted octanol–water partition coefficient (Wildman–Crippen LogP) is 1.88. The number of unbranched alkanes of at least 4 members (excludes halogenated alkanes) is 1. The molecule has 88 valence electrons. The Bertz CT molecular complexity index is 342. The van der Waals surface area contributed by atoms with Gasteiger partial charge in [0.1, 0.15) is 0 Å². The molecule has 0 saturated heterocycles. The monoisotopic (exact) mass is 238 g/mol. The maximum atomic E-state index is 11.8. The number of hydrogen-bond donors (Lipinski definition) is 2. The molecule has 3 N–H and O–H groups in total. The lowest BCUT2D eigenvalue weighted by Crippen LogP contribution is -2.25. The number of nitrogens with one attached hydrogen (secondary N) is 1. The van der Waals surface area contributed by atoms with Crippen LogP contribution in [0.3, 0.4) is 0 Å². The van der Waals surface area contributed by atoms with E-state index in [0.717, 1.165) is 23.3 Å². The maximum Gasteiger partial charge on any atom is 0.252 e. The van der Waals surface area contributed by atoms with Crippen LogP contribution < -0.4 is 11.1 Å². The Balaban J connectivity index is 2.52. The van der Waals surface area contributed by atoms with Crippen LogP contribution in [0.5, 0.6) is 0 Å². The number of nitrogens with two attached hydrogens (primary N) is 1. The molecule has 0 fully saturated rings. The van der Waals surface area contributed by atoms with Gasteiger partial charge in [-0.05, 0) is 37.8 Å². The van der Waals surface area contributed by atoms with Crippen LogP contribution in [0.4, 0.5) is 0 Å². The number of carbonyl (C=O) groups excluding carboxylic acids is 1. The maximum absolute atomic E-state index is 11.8. The average molecular weight is 238 g/mol. The first-order valence-electron chi connectivity index (χ1n) is 5.41. The SMILES string of the molecule is CSc1ccccc1C(=O)NCCCCN. The van der Waals surface area contributed by atoms with Gasteiger partial charge in [-0.15, -0.1) is 11.8 Å². The van der Waals surface area contributed by atoms with Crippen LogP contribution in [0.15, 0.2) is 29.2 Å². The molecule has 0 aliphatic heterocycles. The summed E-state index contributed by atoms with van der Waals surface area (Å²) in [6.07, 6.45) is 3.86. The van der Waals surface area contributed by atoms with E-state index < -0.39 is 0 Å². The summed E-state index contributed by atoms with van der Waals surface area (Å²) in [5.74, 6) is 0.00183. The number of benzene rings is 1. The lowest BCUT2D eigenvalue weighted by atomic mass is 10.2. The van der Waals surface area contributed by atoms with E-state index in [2.05, 4.69) is 5.32 Å². The smallest absolute Gasteiger partial charge is 0.252 e. The molecular formula is C12H18N2OS. The zero-order valence-corrected chi connectivity index (χ0v) is 10.3. The molecule has 3 nitrogen and oxygen atoms in total. The minimum Gasteiger partial charge on any atom is -0.352 e. The first-order valence-corrected chi connectivity index (χ1v) is 6.63. The van der Waals surface area contributed by atoms with Crippen molar-refractivity contribution >= 4 is 17.7 Å². The number of thioether (sulfide) groups is 1. The molecule has 0 aliphatic rings. The van der Waals surface area contributed by atoms with Gasteiger partial charge in [-0.3, -0.25) is 4.79 Å². The second-order valence-electron chi connectivity index (χ2n) is 3.45. The van der Waals surface area contributed by atoms with Crippen molar-refractivity contribution in [2.75, 3.05) is 19.3 Å². The summed E-state index contributed by atoms with van der Waals surface area (Å²) < 4.78 is 0. The molecule has 0 atom stereocenters. The number of carbonyl (C=O) groups is 1. The van der Waals surface area contributed by atoms with Crippen molar-refractivity contribution < 1.29 is 4.79 Å². The molecule has 0 saturated carbocycles. The highest BCUT2D eigenvalue weighted by Gasteiger charge is 2.08. The summed E-state index contributed by atoms with van der Waals surface area (Å²) in [5.41, 5.74) is 6.14. The van der Waals surface area contributed by atoms with Crippen molar-refractivity contribution in [2.24, 2.45) is 5.73 Å². The van der Waals surface area contributed by atoms with Crippen molar-refractivity contribution in [3.05, 3.63) is 29.8 Å². The van der Waals surface area contributed by atoms with Crippen LogP contribution >= 0.6 is 11.8 Å². The highest BCUT2D eigenvalue weighted by molar-refractivity contribution is 7.98. The fourth-order valence-electron chi connectivity index (χ4n) is 1.40. The topological polar surface area (TPSA) is 55.1 Å². The summed E-state index contributed by atoms with van der Waals surface area (Å²) in [7, 11) is 0. The number of rotatable bonds is 6. The van der Waals surface area contributed by atoms with Gasteiger partial charge >= 0.3 is 0 Å². The Hall–Kier alpha value is -1.00. The summed E-state index contributed by atoms with van der Waals surface area (Å²) in [5, 5.41) is 2.90. The van der Waals surface area contributed by atoms with E-state index in [9.17, 15) is 4.79 Å². The van der Waals surface area contributed by atoms with Gasteiger partial charge in [0.2, 0.25) is 0 Å². The summed E-state index contributed by atoms with van der Waals surface area (Å²) in [6, 6.07) is 7.63. The van der Waals surface area contributed by atoms with Crippen molar-refractivity contribution in [1.29, 1.82) is 0 Å². The van der Waals surface area contributed by atoms with Crippen LogP contribution in [-0.2, 0) is 0 Å². The van der Waals surface area contributed by atoms with Gasteiger partial charge in [-0.25, -0.2) is 0 Å².